The van der Waals surface area contributed by atoms with E-state index in [2.05, 4.69) is 47.0 Å². The van der Waals surface area contributed by atoms with Gasteiger partial charge in [-0.1, -0.05) is 24.3 Å². The van der Waals surface area contributed by atoms with Crippen LogP contribution in [0.15, 0.2) is 55.0 Å². The van der Waals surface area contributed by atoms with E-state index in [9.17, 15) is 0 Å². The molecule has 0 amide bonds. The van der Waals surface area contributed by atoms with Crippen molar-refractivity contribution in [1.82, 2.24) is 14.8 Å². The maximum absolute atomic E-state index is 5.64. The van der Waals surface area contributed by atoms with Crippen LogP contribution in [-0.2, 0) is 13.6 Å². The third kappa shape index (κ3) is 4.24. The second-order valence-electron chi connectivity index (χ2n) is 5.93. The summed E-state index contributed by atoms with van der Waals surface area (Å²) in [5, 5.41) is 5.34. The molecule has 1 aliphatic rings. The molecule has 4 rings (SSSR count). The van der Waals surface area contributed by atoms with Crippen molar-refractivity contribution >= 4 is 12.6 Å². The second-order valence-corrected chi connectivity index (χ2v) is 6.66. The van der Waals surface area contributed by atoms with Crippen LogP contribution >= 0.6 is 12.6 Å². The minimum atomic E-state index is 0.560. The Labute approximate surface area is 148 Å². The van der Waals surface area contributed by atoms with Gasteiger partial charge in [-0.25, -0.2) is 0 Å². The van der Waals surface area contributed by atoms with Crippen LogP contribution in [0, 0.1) is 0 Å². The number of thiol groups is 1. The number of nitrogens with two attached hydrogens (primary N) is 1. The maximum atomic E-state index is 5.64. The highest BCUT2D eigenvalue weighted by molar-refractivity contribution is 7.81. The summed E-state index contributed by atoms with van der Waals surface area (Å²) in [6.07, 6.45) is 8.30. The SMILES string of the molecule is Cn1cc(-c2ccc(CN)cc2)c(-c2ccncc2)n1.SC1CC1. The quantitative estimate of drug-likeness (QED) is 0.716. The molecule has 2 heterocycles. The Kier molecular flexibility index (Phi) is 5.33. The van der Waals surface area contributed by atoms with Crippen LogP contribution in [0.1, 0.15) is 18.4 Å². The zero-order chi connectivity index (χ0) is 16.9. The molecule has 1 aliphatic carbocycles. The molecule has 0 radical (unpaired) electrons. The summed E-state index contributed by atoms with van der Waals surface area (Å²) in [6.45, 7) is 0.560. The van der Waals surface area contributed by atoms with E-state index < -0.39 is 0 Å². The lowest BCUT2D eigenvalue weighted by molar-refractivity contribution is 0.771. The number of pyridine rings is 1. The number of rotatable bonds is 3. The van der Waals surface area contributed by atoms with Crippen molar-refractivity contribution in [3.05, 3.63) is 60.6 Å². The Balaban J connectivity index is 0.000000370. The van der Waals surface area contributed by atoms with Crippen molar-refractivity contribution in [1.29, 1.82) is 0 Å². The average Bonchev–Trinajstić information content (AvgIpc) is 3.31. The Hall–Kier alpha value is -2.11. The highest BCUT2D eigenvalue weighted by atomic mass is 32.1. The van der Waals surface area contributed by atoms with Gasteiger partial charge in [-0.3, -0.25) is 9.67 Å². The van der Waals surface area contributed by atoms with Crippen molar-refractivity contribution in [2.24, 2.45) is 12.8 Å². The molecule has 0 unspecified atom stereocenters. The van der Waals surface area contributed by atoms with Crippen LogP contribution < -0.4 is 5.73 Å². The Morgan fingerprint density at radius 3 is 2.25 bits per heavy atom. The molecule has 1 aromatic carbocycles. The predicted octanol–water partition coefficient (Wildman–Crippen LogP) is 3.69. The molecular formula is C19H22N4S. The highest BCUT2D eigenvalue weighted by Crippen LogP contribution is 2.30. The van der Waals surface area contributed by atoms with Gasteiger partial charge in [0.1, 0.15) is 5.69 Å². The van der Waals surface area contributed by atoms with Crippen molar-refractivity contribution in [3.63, 3.8) is 0 Å². The van der Waals surface area contributed by atoms with Crippen LogP contribution in [0.4, 0.5) is 0 Å². The number of aryl methyl sites for hydroxylation is 1. The number of benzene rings is 1. The lowest BCUT2D eigenvalue weighted by Crippen LogP contribution is -1.95. The molecule has 2 N–H and O–H groups in total. The van der Waals surface area contributed by atoms with E-state index in [4.69, 9.17) is 5.73 Å². The van der Waals surface area contributed by atoms with Crippen LogP contribution in [0.2, 0.25) is 0 Å². The Morgan fingerprint density at radius 1 is 1.08 bits per heavy atom. The lowest BCUT2D eigenvalue weighted by Gasteiger charge is -2.03. The van der Waals surface area contributed by atoms with E-state index in [1.807, 2.05) is 30.1 Å². The van der Waals surface area contributed by atoms with Crippen LogP contribution in [0.3, 0.4) is 0 Å². The molecule has 0 atom stereocenters. The van der Waals surface area contributed by atoms with Gasteiger partial charge in [0.25, 0.3) is 0 Å². The number of nitrogens with zero attached hydrogens (tertiary/aromatic N) is 3. The topological polar surface area (TPSA) is 56.7 Å². The van der Waals surface area contributed by atoms with Gasteiger partial charge in [0.15, 0.2) is 0 Å². The Morgan fingerprint density at radius 2 is 1.71 bits per heavy atom. The fourth-order valence-corrected chi connectivity index (χ4v) is 2.47. The van der Waals surface area contributed by atoms with Gasteiger partial charge in [-0.2, -0.15) is 17.7 Å². The summed E-state index contributed by atoms with van der Waals surface area (Å²) in [5.41, 5.74) is 11.1. The lowest BCUT2D eigenvalue weighted by atomic mass is 10.0. The summed E-state index contributed by atoms with van der Waals surface area (Å²) in [7, 11) is 1.93. The van der Waals surface area contributed by atoms with Crippen molar-refractivity contribution < 1.29 is 0 Å². The second kappa shape index (κ2) is 7.64. The molecule has 1 saturated carbocycles. The molecule has 2 aromatic heterocycles. The molecule has 3 aromatic rings. The van der Waals surface area contributed by atoms with E-state index in [0.717, 1.165) is 33.2 Å². The van der Waals surface area contributed by atoms with E-state index in [0.29, 0.717) is 6.54 Å². The summed E-state index contributed by atoms with van der Waals surface area (Å²) in [5.74, 6) is 0. The molecule has 0 bridgehead atoms. The molecule has 4 nitrogen and oxygen atoms in total. The molecule has 1 fully saturated rings. The fraction of sp³-hybridized carbons (Fsp3) is 0.263. The summed E-state index contributed by atoms with van der Waals surface area (Å²) >= 11 is 4.08. The van der Waals surface area contributed by atoms with E-state index in [-0.39, 0.29) is 0 Å². The average molecular weight is 338 g/mol. The van der Waals surface area contributed by atoms with Gasteiger partial charge in [-0.15, -0.1) is 0 Å². The third-order valence-corrected chi connectivity index (χ3v) is 4.35. The zero-order valence-electron chi connectivity index (χ0n) is 13.8. The first-order valence-electron chi connectivity index (χ1n) is 8.09. The first kappa shape index (κ1) is 16.7. The molecule has 0 spiro atoms. The number of hydrogen-bond acceptors (Lipinski definition) is 4. The first-order valence-corrected chi connectivity index (χ1v) is 8.60. The smallest absolute Gasteiger partial charge is 0.100 e. The Bertz CT molecular complexity index is 777. The van der Waals surface area contributed by atoms with Crippen molar-refractivity contribution in [3.8, 4) is 22.4 Å². The van der Waals surface area contributed by atoms with E-state index in [1.54, 1.807) is 12.4 Å². The molecule has 0 aliphatic heterocycles. The monoisotopic (exact) mass is 338 g/mol. The number of hydrogen-bond donors (Lipinski definition) is 2. The van der Waals surface area contributed by atoms with Crippen LogP contribution in [0.5, 0.6) is 0 Å². The van der Waals surface area contributed by atoms with Gasteiger partial charge in [-0.05, 0) is 36.1 Å². The van der Waals surface area contributed by atoms with Gasteiger partial charge < -0.3 is 5.73 Å². The minimum Gasteiger partial charge on any atom is -0.326 e. The normalized spacial score (nSPS) is 13.3. The molecular weight excluding hydrogens is 316 g/mol. The van der Waals surface area contributed by atoms with Crippen LogP contribution in [0.25, 0.3) is 22.4 Å². The van der Waals surface area contributed by atoms with Gasteiger partial charge in [0, 0.05) is 48.6 Å². The fourth-order valence-electron chi connectivity index (χ4n) is 2.32. The summed E-state index contributed by atoms with van der Waals surface area (Å²) in [4.78, 5) is 4.05. The molecule has 24 heavy (non-hydrogen) atoms. The largest absolute Gasteiger partial charge is 0.326 e. The summed E-state index contributed by atoms with van der Waals surface area (Å²) < 4.78 is 1.84. The third-order valence-electron chi connectivity index (χ3n) is 3.83. The van der Waals surface area contributed by atoms with Gasteiger partial charge in [0.05, 0.1) is 0 Å². The molecule has 5 heteroatoms. The maximum Gasteiger partial charge on any atom is 0.100 e. The number of aromatic nitrogens is 3. The van der Waals surface area contributed by atoms with Gasteiger partial charge in [0.2, 0.25) is 0 Å². The molecule has 124 valence electrons. The van der Waals surface area contributed by atoms with Crippen molar-refractivity contribution in [2.75, 3.05) is 0 Å². The van der Waals surface area contributed by atoms with Crippen LogP contribution in [-0.4, -0.2) is 20.0 Å². The van der Waals surface area contributed by atoms with E-state index in [1.165, 1.54) is 12.8 Å². The minimum absolute atomic E-state index is 0.560. The predicted molar refractivity (Wildman–Crippen MR) is 102 cm³/mol. The standard InChI is InChI=1S/C16H16N4.C3H6S/c1-20-11-15(13-4-2-12(10-17)3-5-13)16(19-20)14-6-8-18-9-7-14;4-3-1-2-3/h2-9,11H,10,17H2,1H3;3-4H,1-2H2. The highest BCUT2D eigenvalue weighted by Gasteiger charge is 2.14. The summed E-state index contributed by atoms with van der Waals surface area (Å²) in [6, 6.07) is 12.2. The zero-order valence-corrected chi connectivity index (χ0v) is 14.7. The first-order chi connectivity index (χ1) is 11.7. The molecule has 0 saturated heterocycles. The van der Waals surface area contributed by atoms with Gasteiger partial charge >= 0.3 is 0 Å². The van der Waals surface area contributed by atoms with E-state index >= 15 is 0 Å². The van der Waals surface area contributed by atoms with Crippen molar-refractivity contribution in [2.45, 2.75) is 24.6 Å².